The summed E-state index contributed by atoms with van der Waals surface area (Å²) in [6, 6.07) is 12.4. The number of carbonyl (C=O) groups excluding carboxylic acids is 1. The van der Waals surface area contributed by atoms with Crippen molar-refractivity contribution in [2.75, 3.05) is 18.4 Å². The quantitative estimate of drug-likeness (QED) is 0.740. The van der Waals surface area contributed by atoms with E-state index in [-0.39, 0.29) is 17.5 Å². The summed E-state index contributed by atoms with van der Waals surface area (Å²) in [5.41, 5.74) is 1.40. The van der Waals surface area contributed by atoms with Crippen molar-refractivity contribution in [3.05, 3.63) is 63.3 Å². The molecule has 25 heavy (non-hydrogen) atoms. The van der Waals surface area contributed by atoms with Gasteiger partial charge in [-0.25, -0.2) is 4.39 Å². The van der Waals surface area contributed by atoms with Crippen molar-refractivity contribution in [1.82, 2.24) is 4.90 Å². The predicted molar refractivity (Wildman–Crippen MR) is 102 cm³/mol. The van der Waals surface area contributed by atoms with E-state index >= 15 is 0 Å². The molecular weight excluding hydrogens is 407 g/mol. The van der Waals surface area contributed by atoms with Crippen molar-refractivity contribution in [2.45, 2.75) is 19.4 Å². The van der Waals surface area contributed by atoms with E-state index in [4.69, 9.17) is 11.6 Å². The third kappa shape index (κ3) is 5.03. The molecule has 1 fully saturated rings. The van der Waals surface area contributed by atoms with Crippen molar-refractivity contribution in [2.24, 2.45) is 5.92 Å². The number of piperidine rings is 1. The second-order valence-electron chi connectivity index (χ2n) is 6.31. The Morgan fingerprint density at radius 2 is 2.04 bits per heavy atom. The van der Waals surface area contributed by atoms with Gasteiger partial charge in [-0.15, -0.1) is 0 Å². The molecule has 0 spiro atoms. The van der Waals surface area contributed by atoms with Gasteiger partial charge < -0.3 is 5.32 Å². The highest BCUT2D eigenvalue weighted by Crippen LogP contribution is 2.23. The normalized spacial score (nSPS) is 18.1. The molecule has 3 nitrogen and oxygen atoms in total. The molecule has 132 valence electrons. The van der Waals surface area contributed by atoms with Gasteiger partial charge in [0.05, 0.1) is 11.6 Å². The SMILES string of the molecule is O=C(Nc1ccc(Br)cc1F)C1CCCN(Cc2ccc(Cl)cc2)C1. The van der Waals surface area contributed by atoms with Gasteiger partial charge >= 0.3 is 0 Å². The second-order valence-corrected chi connectivity index (χ2v) is 7.67. The Balaban J connectivity index is 1.60. The van der Waals surface area contributed by atoms with Crippen LogP contribution in [0.3, 0.4) is 0 Å². The number of nitrogens with zero attached hydrogens (tertiary/aromatic N) is 1. The Morgan fingerprint density at radius 1 is 1.28 bits per heavy atom. The smallest absolute Gasteiger partial charge is 0.228 e. The van der Waals surface area contributed by atoms with E-state index in [0.29, 0.717) is 11.0 Å². The van der Waals surface area contributed by atoms with Crippen LogP contribution in [0.25, 0.3) is 0 Å². The van der Waals surface area contributed by atoms with Crippen LogP contribution in [0, 0.1) is 11.7 Å². The highest BCUT2D eigenvalue weighted by molar-refractivity contribution is 9.10. The maximum Gasteiger partial charge on any atom is 0.228 e. The van der Waals surface area contributed by atoms with Crippen molar-refractivity contribution >= 4 is 39.1 Å². The maximum absolute atomic E-state index is 13.9. The van der Waals surface area contributed by atoms with E-state index in [1.54, 1.807) is 12.1 Å². The molecule has 1 aliphatic heterocycles. The van der Waals surface area contributed by atoms with Crippen molar-refractivity contribution in [1.29, 1.82) is 0 Å². The summed E-state index contributed by atoms with van der Waals surface area (Å²) in [4.78, 5) is 14.8. The first-order valence-electron chi connectivity index (χ1n) is 8.24. The number of rotatable bonds is 4. The summed E-state index contributed by atoms with van der Waals surface area (Å²) < 4.78 is 14.6. The molecule has 2 aromatic carbocycles. The molecule has 1 amide bonds. The number of anilines is 1. The Morgan fingerprint density at radius 3 is 2.76 bits per heavy atom. The summed E-state index contributed by atoms with van der Waals surface area (Å²) >= 11 is 9.13. The van der Waals surface area contributed by atoms with Crippen LogP contribution in [0.2, 0.25) is 5.02 Å². The molecule has 1 atom stereocenters. The van der Waals surface area contributed by atoms with Crippen molar-refractivity contribution < 1.29 is 9.18 Å². The zero-order valence-electron chi connectivity index (χ0n) is 13.6. The highest BCUT2D eigenvalue weighted by Gasteiger charge is 2.26. The van der Waals surface area contributed by atoms with Gasteiger partial charge in [0.2, 0.25) is 5.91 Å². The van der Waals surface area contributed by atoms with E-state index < -0.39 is 5.82 Å². The molecular formula is C19H19BrClFN2O. The van der Waals surface area contributed by atoms with Crippen LogP contribution in [0.15, 0.2) is 46.9 Å². The largest absolute Gasteiger partial charge is 0.323 e. The number of nitrogens with one attached hydrogen (secondary N) is 1. The number of halogens is 3. The molecule has 0 saturated carbocycles. The molecule has 1 N–H and O–H groups in total. The molecule has 1 unspecified atom stereocenters. The maximum atomic E-state index is 13.9. The van der Waals surface area contributed by atoms with Crippen LogP contribution in [0.5, 0.6) is 0 Å². The van der Waals surface area contributed by atoms with Crippen molar-refractivity contribution in [3.8, 4) is 0 Å². The lowest BCUT2D eigenvalue weighted by Crippen LogP contribution is -2.40. The lowest BCUT2D eigenvalue weighted by atomic mass is 9.96. The third-order valence-electron chi connectivity index (χ3n) is 4.38. The number of hydrogen-bond acceptors (Lipinski definition) is 2. The minimum atomic E-state index is -0.434. The molecule has 2 aromatic rings. The van der Waals surface area contributed by atoms with Gasteiger partial charge in [-0.3, -0.25) is 9.69 Å². The number of likely N-dealkylation sites (tertiary alicyclic amines) is 1. The molecule has 0 aliphatic carbocycles. The minimum Gasteiger partial charge on any atom is -0.323 e. The summed E-state index contributed by atoms with van der Waals surface area (Å²) in [5.74, 6) is -0.692. The first-order chi connectivity index (χ1) is 12.0. The Bertz CT molecular complexity index is 754. The molecule has 3 rings (SSSR count). The molecule has 1 saturated heterocycles. The standard InChI is InChI=1S/C19H19BrClFN2O/c20-15-5-8-18(17(22)10-15)23-19(25)14-2-1-9-24(12-14)11-13-3-6-16(21)7-4-13/h3-8,10,14H,1-2,9,11-12H2,(H,23,25). The first kappa shape index (κ1) is 18.4. The molecule has 0 radical (unpaired) electrons. The molecule has 1 aliphatic rings. The van der Waals surface area contributed by atoms with Crippen LogP contribution in [0.4, 0.5) is 10.1 Å². The number of amides is 1. The van der Waals surface area contributed by atoms with E-state index in [2.05, 4.69) is 26.1 Å². The summed E-state index contributed by atoms with van der Waals surface area (Å²) in [6.07, 6.45) is 1.77. The predicted octanol–water partition coefficient (Wildman–Crippen LogP) is 5.09. The lowest BCUT2D eigenvalue weighted by Gasteiger charge is -2.32. The monoisotopic (exact) mass is 424 g/mol. The average Bonchev–Trinajstić information content (AvgIpc) is 2.60. The minimum absolute atomic E-state index is 0.123. The Hall–Kier alpha value is -1.43. The molecule has 6 heteroatoms. The van der Waals surface area contributed by atoms with Crippen LogP contribution in [0.1, 0.15) is 18.4 Å². The van der Waals surface area contributed by atoms with Crippen LogP contribution in [-0.2, 0) is 11.3 Å². The lowest BCUT2D eigenvalue weighted by molar-refractivity contribution is -0.121. The topological polar surface area (TPSA) is 32.3 Å². The summed E-state index contributed by atoms with van der Waals surface area (Å²) in [7, 11) is 0. The van der Waals surface area contributed by atoms with Gasteiger partial charge in [0, 0.05) is 22.6 Å². The first-order valence-corrected chi connectivity index (χ1v) is 9.41. The number of carbonyl (C=O) groups is 1. The van der Waals surface area contributed by atoms with E-state index in [1.807, 2.05) is 24.3 Å². The van der Waals surface area contributed by atoms with E-state index in [1.165, 1.54) is 11.6 Å². The zero-order chi connectivity index (χ0) is 17.8. The van der Waals surface area contributed by atoms with Gasteiger partial charge in [-0.1, -0.05) is 39.7 Å². The molecule has 0 bridgehead atoms. The fraction of sp³-hybridized carbons (Fsp3) is 0.316. The van der Waals surface area contributed by atoms with Crippen LogP contribution < -0.4 is 5.32 Å². The van der Waals surface area contributed by atoms with Crippen LogP contribution in [-0.4, -0.2) is 23.9 Å². The highest BCUT2D eigenvalue weighted by atomic mass is 79.9. The second kappa shape index (κ2) is 8.30. The van der Waals surface area contributed by atoms with Gasteiger partial charge in [0.15, 0.2) is 0 Å². The van der Waals surface area contributed by atoms with Crippen LogP contribution >= 0.6 is 27.5 Å². The van der Waals surface area contributed by atoms with Crippen molar-refractivity contribution in [3.63, 3.8) is 0 Å². The van der Waals surface area contributed by atoms with Gasteiger partial charge in [-0.2, -0.15) is 0 Å². The van der Waals surface area contributed by atoms with Gasteiger partial charge in [0.25, 0.3) is 0 Å². The van der Waals surface area contributed by atoms with E-state index in [0.717, 1.165) is 31.0 Å². The number of hydrogen-bond donors (Lipinski definition) is 1. The van der Waals surface area contributed by atoms with E-state index in [9.17, 15) is 9.18 Å². The zero-order valence-corrected chi connectivity index (χ0v) is 16.0. The third-order valence-corrected chi connectivity index (χ3v) is 5.13. The van der Waals surface area contributed by atoms with Gasteiger partial charge in [0.1, 0.15) is 5.82 Å². The fourth-order valence-electron chi connectivity index (χ4n) is 3.09. The summed E-state index contributed by atoms with van der Waals surface area (Å²) in [5, 5.41) is 3.44. The van der Waals surface area contributed by atoms with Gasteiger partial charge in [-0.05, 0) is 55.3 Å². The fourth-order valence-corrected chi connectivity index (χ4v) is 3.55. The summed E-state index contributed by atoms with van der Waals surface area (Å²) in [6.45, 7) is 2.42. The molecule has 0 aromatic heterocycles. The molecule has 1 heterocycles. The average molecular weight is 426 g/mol. The Kier molecular flexibility index (Phi) is 6.10. The Labute approximate surface area is 160 Å². The number of benzene rings is 2.